The maximum absolute atomic E-state index is 4.76. The predicted octanol–water partition coefficient (Wildman–Crippen LogP) is 4.78. The molecule has 1 aliphatic rings. The second kappa shape index (κ2) is 7.58. The van der Waals surface area contributed by atoms with Crippen molar-refractivity contribution in [3.8, 4) is 0 Å². The summed E-state index contributed by atoms with van der Waals surface area (Å²) in [5.74, 6) is 2.22. The highest BCUT2D eigenvalue weighted by Crippen LogP contribution is 2.27. The first-order valence-electron chi connectivity index (χ1n) is 10.0. The summed E-state index contributed by atoms with van der Waals surface area (Å²) in [6.07, 6.45) is 10.5. The van der Waals surface area contributed by atoms with Gasteiger partial charge in [0.2, 0.25) is 5.95 Å². The lowest BCUT2D eigenvalue weighted by atomic mass is 9.89. The lowest BCUT2D eigenvalue weighted by Gasteiger charge is -2.22. The highest BCUT2D eigenvalue weighted by atomic mass is 15.3. The minimum absolute atomic E-state index is 0.320. The second-order valence-electron chi connectivity index (χ2n) is 7.83. The molecule has 27 heavy (non-hydrogen) atoms. The third-order valence-electron chi connectivity index (χ3n) is 5.48. The molecule has 3 N–H and O–H groups in total. The van der Waals surface area contributed by atoms with Crippen LogP contribution in [-0.4, -0.2) is 31.3 Å². The molecule has 7 heteroatoms. The molecule has 0 radical (unpaired) electrons. The fourth-order valence-corrected chi connectivity index (χ4v) is 3.95. The van der Waals surface area contributed by atoms with Gasteiger partial charge in [-0.3, -0.25) is 4.68 Å². The number of nitrogens with zero attached hydrogens (tertiary/aromatic N) is 4. The summed E-state index contributed by atoms with van der Waals surface area (Å²) in [5.41, 5.74) is 2.86. The molecule has 4 rings (SSSR count). The van der Waals surface area contributed by atoms with E-state index in [1.54, 1.807) is 0 Å². The van der Waals surface area contributed by atoms with Gasteiger partial charge in [0.25, 0.3) is 0 Å². The molecular formula is C20H29N7. The van der Waals surface area contributed by atoms with Crippen LogP contribution in [0.2, 0.25) is 0 Å². The fourth-order valence-electron chi connectivity index (χ4n) is 3.95. The summed E-state index contributed by atoms with van der Waals surface area (Å²) in [4.78, 5) is 12.6. The number of anilines is 3. The highest BCUT2D eigenvalue weighted by molar-refractivity contribution is 5.88. The van der Waals surface area contributed by atoms with Crippen LogP contribution in [0.3, 0.4) is 0 Å². The van der Waals surface area contributed by atoms with E-state index >= 15 is 0 Å². The lowest BCUT2D eigenvalue weighted by Crippen LogP contribution is -2.18. The zero-order chi connectivity index (χ0) is 18.8. The monoisotopic (exact) mass is 367 g/mol. The topological polar surface area (TPSA) is 83.4 Å². The zero-order valence-corrected chi connectivity index (χ0v) is 16.4. The van der Waals surface area contributed by atoms with Crippen molar-refractivity contribution >= 4 is 28.5 Å². The molecule has 0 aliphatic heterocycles. The Bertz CT molecular complexity index is 902. The Morgan fingerprint density at radius 3 is 2.78 bits per heavy atom. The summed E-state index contributed by atoms with van der Waals surface area (Å²) in [7, 11) is 0. The molecule has 0 atom stereocenters. The predicted molar refractivity (Wildman–Crippen MR) is 110 cm³/mol. The van der Waals surface area contributed by atoms with E-state index in [4.69, 9.17) is 4.98 Å². The van der Waals surface area contributed by atoms with E-state index in [1.807, 2.05) is 23.1 Å². The first-order chi connectivity index (χ1) is 13.1. The number of nitrogens with one attached hydrogen (secondary N) is 3. The van der Waals surface area contributed by atoms with Crippen LogP contribution in [0.15, 0.2) is 18.5 Å². The SMILES string of the molecule is Cc1c(Nc2nc(NCC3CCCCC3)c3cc[nH]c3n2)cnn1C(C)C. The Morgan fingerprint density at radius 1 is 1.22 bits per heavy atom. The molecule has 1 saturated carbocycles. The largest absolute Gasteiger partial charge is 0.369 e. The molecule has 0 spiro atoms. The number of aromatic amines is 1. The average molecular weight is 368 g/mol. The van der Waals surface area contributed by atoms with Gasteiger partial charge in [-0.1, -0.05) is 19.3 Å². The van der Waals surface area contributed by atoms with Gasteiger partial charge in [0.15, 0.2) is 0 Å². The second-order valence-corrected chi connectivity index (χ2v) is 7.83. The van der Waals surface area contributed by atoms with Crippen LogP contribution < -0.4 is 10.6 Å². The van der Waals surface area contributed by atoms with Crippen molar-refractivity contribution in [3.05, 3.63) is 24.2 Å². The lowest BCUT2D eigenvalue weighted by molar-refractivity contribution is 0.373. The van der Waals surface area contributed by atoms with E-state index in [2.05, 4.69) is 46.5 Å². The minimum atomic E-state index is 0.320. The zero-order valence-electron chi connectivity index (χ0n) is 16.4. The van der Waals surface area contributed by atoms with Crippen LogP contribution in [0.5, 0.6) is 0 Å². The average Bonchev–Trinajstić information content (AvgIpc) is 3.28. The molecule has 7 nitrogen and oxygen atoms in total. The number of hydrogen-bond donors (Lipinski definition) is 3. The van der Waals surface area contributed by atoms with E-state index < -0.39 is 0 Å². The molecule has 0 aromatic carbocycles. The number of rotatable bonds is 6. The molecule has 3 heterocycles. The number of H-pyrrole nitrogens is 1. The molecule has 0 unspecified atom stereocenters. The van der Waals surface area contributed by atoms with E-state index in [9.17, 15) is 0 Å². The van der Waals surface area contributed by atoms with Crippen molar-refractivity contribution in [1.82, 2.24) is 24.7 Å². The van der Waals surface area contributed by atoms with Crippen LogP contribution in [0.4, 0.5) is 17.5 Å². The van der Waals surface area contributed by atoms with Gasteiger partial charge in [-0.2, -0.15) is 15.1 Å². The fraction of sp³-hybridized carbons (Fsp3) is 0.550. The Morgan fingerprint density at radius 2 is 2.04 bits per heavy atom. The van der Waals surface area contributed by atoms with Crippen LogP contribution in [-0.2, 0) is 0 Å². The first kappa shape index (κ1) is 17.8. The van der Waals surface area contributed by atoms with Gasteiger partial charge < -0.3 is 15.6 Å². The summed E-state index contributed by atoms with van der Waals surface area (Å²) in [5, 5.41) is 12.4. The van der Waals surface area contributed by atoms with Crippen LogP contribution in [0, 0.1) is 12.8 Å². The Hall–Kier alpha value is -2.57. The maximum Gasteiger partial charge on any atom is 0.231 e. The number of fused-ring (bicyclic) bond motifs is 1. The van der Waals surface area contributed by atoms with Crippen molar-refractivity contribution < 1.29 is 0 Å². The quantitative estimate of drug-likeness (QED) is 0.584. The normalized spacial score (nSPS) is 15.6. The van der Waals surface area contributed by atoms with E-state index in [1.165, 1.54) is 32.1 Å². The summed E-state index contributed by atoms with van der Waals surface area (Å²) < 4.78 is 2.00. The molecule has 3 aromatic heterocycles. The summed E-state index contributed by atoms with van der Waals surface area (Å²) in [6, 6.07) is 2.35. The van der Waals surface area contributed by atoms with Gasteiger partial charge in [-0.15, -0.1) is 0 Å². The molecule has 1 fully saturated rings. The summed E-state index contributed by atoms with van der Waals surface area (Å²) in [6.45, 7) is 7.28. The van der Waals surface area contributed by atoms with Crippen LogP contribution in [0.1, 0.15) is 57.7 Å². The van der Waals surface area contributed by atoms with Gasteiger partial charge in [0.05, 0.1) is 23.0 Å². The Kier molecular flexibility index (Phi) is 5.01. The molecule has 0 amide bonds. The molecule has 3 aromatic rings. The third kappa shape index (κ3) is 3.77. The minimum Gasteiger partial charge on any atom is -0.369 e. The molecule has 0 saturated heterocycles. The van der Waals surface area contributed by atoms with Crippen molar-refractivity contribution in [1.29, 1.82) is 0 Å². The van der Waals surface area contributed by atoms with E-state index in [0.29, 0.717) is 12.0 Å². The first-order valence-corrected chi connectivity index (χ1v) is 10.0. The number of hydrogen-bond acceptors (Lipinski definition) is 5. The summed E-state index contributed by atoms with van der Waals surface area (Å²) >= 11 is 0. The highest BCUT2D eigenvalue weighted by Gasteiger charge is 2.16. The van der Waals surface area contributed by atoms with Gasteiger partial charge in [0, 0.05) is 18.8 Å². The molecule has 0 bridgehead atoms. The molecule has 1 aliphatic carbocycles. The Balaban J connectivity index is 1.56. The molecular weight excluding hydrogens is 338 g/mol. The third-order valence-corrected chi connectivity index (χ3v) is 5.48. The standard InChI is InChI=1S/C20H29N7/c1-13(2)27-14(3)17(12-23-27)24-20-25-18-16(9-10-21-18)19(26-20)22-11-15-7-5-4-6-8-15/h9-10,12-13,15H,4-8,11H2,1-3H3,(H3,21,22,24,25,26). The van der Waals surface area contributed by atoms with Gasteiger partial charge in [-0.25, -0.2) is 0 Å². The Labute approximate surface area is 160 Å². The number of aromatic nitrogens is 5. The van der Waals surface area contributed by atoms with Crippen molar-refractivity contribution in [2.45, 2.75) is 58.9 Å². The van der Waals surface area contributed by atoms with Gasteiger partial charge in [0.1, 0.15) is 11.5 Å². The van der Waals surface area contributed by atoms with Gasteiger partial charge in [-0.05, 0) is 45.6 Å². The van der Waals surface area contributed by atoms with Gasteiger partial charge >= 0.3 is 0 Å². The van der Waals surface area contributed by atoms with E-state index in [-0.39, 0.29) is 0 Å². The van der Waals surface area contributed by atoms with E-state index in [0.717, 1.165) is 40.7 Å². The maximum atomic E-state index is 4.76. The molecule has 144 valence electrons. The van der Waals surface area contributed by atoms with Crippen molar-refractivity contribution in [3.63, 3.8) is 0 Å². The van der Waals surface area contributed by atoms with Crippen LogP contribution >= 0.6 is 0 Å². The smallest absolute Gasteiger partial charge is 0.231 e. The van der Waals surface area contributed by atoms with Crippen molar-refractivity contribution in [2.24, 2.45) is 5.92 Å². The van der Waals surface area contributed by atoms with Crippen LogP contribution in [0.25, 0.3) is 11.0 Å². The van der Waals surface area contributed by atoms with Crippen molar-refractivity contribution in [2.75, 3.05) is 17.2 Å².